The van der Waals surface area contributed by atoms with Crippen LogP contribution in [-0.2, 0) is 6.42 Å². The first-order valence-electron chi connectivity index (χ1n) is 6.28. The zero-order chi connectivity index (χ0) is 13.9. The van der Waals surface area contributed by atoms with Crippen LogP contribution < -0.4 is 5.63 Å². The maximum atomic E-state index is 11.9. The summed E-state index contributed by atoms with van der Waals surface area (Å²) >= 11 is 0. The monoisotopic (exact) mass is 261 g/mol. The number of nitriles is 1. The highest BCUT2D eigenvalue weighted by atomic mass is 16.4. The number of hydrogen-bond acceptors (Lipinski definition) is 3. The van der Waals surface area contributed by atoms with Crippen LogP contribution in [-0.4, -0.2) is 0 Å². The van der Waals surface area contributed by atoms with Gasteiger partial charge in [-0.15, -0.1) is 0 Å². The van der Waals surface area contributed by atoms with Crippen molar-refractivity contribution in [2.45, 2.75) is 6.42 Å². The van der Waals surface area contributed by atoms with E-state index in [2.05, 4.69) is 0 Å². The van der Waals surface area contributed by atoms with Crippen molar-refractivity contribution >= 4 is 11.0 Å². The van der Waals surface area contributed by atoms with Crippen LogP contribution in [0.3, 0.4) is 0 Å². The fourth-order valence-electron chi connectivity index (χ4n) is 2.31. The van der Waals surface area contributed by atoms with Crippen molar-refractivity contribution in [3.05, 3.63) is 81.7 Å². The molecule has 3 heteroatoms. The highest BCUT2D eigenvalue weighted by molar-refractivity contribution is 5.82. The summed E-state index contributed by atoms with van der Waals surface area (Å²) in [4.78, 5) is 11.9. The average Bonchev–Trinajstić information content (AvgIpc) is 2.48. The largest absolute Gasteiger partial charge is 0.422 e. The number of hydrogen-bond donors (Lipinski definition) is 0. The summed E-state index contributed by atoms with van der Waals surface area (Å²) in [7, 11) is 0. The van der Waals surface area contributed by atoms with Gasteiger partial charge in [-0.2, -0.15) is 5.26 Å². The Balaban J connectivity index is 2.27. The number of rotatable bonds is 2. The summed E-state index contributed by atoms with van der Waals surface area (Å²) in [5, 5.41) is 10.0. The molecule has 0 atom stereocenters. The van der Waals surface area contributed by atoms with Crippen LogP contribution in [0.1, 0.15) is 16.7 Å². The Hall–Kier alpha value is -2.86. The Labute approximate surface area is 115 Å². The molecular formula is C17H11NO2. The van der Waals surface area contributed by atoms with Gasteiger partial charge in [0.05, 0.1) is 0 Å². The summed E-state index contributed by atoms with van der Waals surface area (Å²) in [5.74, 6) is 0. The molecule has 0 aliphatic carbocycles. The Bertz CT molecular complexity index is 858. The van der Waals surface area contributed by atoms with E-state index in [1.54, 1.807) is 6.07 Å². The first-order chi connectivity index (χ1) is 9.79. The van der Waals surface area contributed by atoms with Crippen molar-refractivity contribution in [3.8, 4) is 6.07 Å². The van der Waals surface area contributed by atoms with Crippen molar-refractivity contribution < 1.29 is 4.42 Å². The third kappa shape index (κ3) is 2.08. The molecule has 0 aliphatic heterocycles. The lowest BCUT2D eigenvalue weighted by Crippen LogP contribution is -2.09. The predicted molar refractivity (Wildman–Crippen MR) is 76.4 cm³/mol. The minimum Gasteiger partial charge on any atom is -0.422 e. The molecule has 20 heavy (non-hydrogen) atoms. The molecule has 3 rings (SSSR count). The fraction of sp³-hybridized carbons (Fsp3) is 0.0588. The van der Waals surface area contributed by atoms with Crippen LogP contribution in [0, 0.1) is 11.3 Å². The van der Waals surface area contributed by atoms with Gasteiger partial charge in [-0.05, 0) is 23.6 Å². The van der Waals surface area contributed by atoms with E-state index in [1.807, 2.05) is 54.6 Å². The molecular weight excluding hydrogens is 250 g/mol. The van der Waals surface area contributed by atoms with E-state index in [9.17, 15) is 10.1 Å². The number of para-hydroxylation sites is 1. The van der Waals surface area contributed by atoms with Gasteiger partial charge in [0.25, 0.3) is 0 Å². The molecule has 1 heterocycles. The van der Waals surface area contributed by atoms with Crippen LogP contribution >= 0.6 is 0 Å². The first-order valence-corrected chi connectivity index (χ1v) is 6.28. The number of benzene rings is 2. The van der Waals surface area contributed by atoms with Crippen LogP contribution in [0.5, 0.6) is 0 Å². The first kappa shape index (κ1) is 12.2. The lowest BCUT2D eigenvalue weighted by molar-refractivity contribution is 0.556. The van der Waals surface area contributed by atoms with E-state index in [0.29, 0.717) is 12.0 Å². The molecule has 0 aliphatic rings. The Morgan fingerprint density at radius 2 is 1.70 bits per heavy atom. The van der Waals surface area contributed by atoms with Crippen molar-refractivity contribution in [1.29, 1.82) is 5.26 Å². The van der Waals surface area contributed by atoms with Gasteiger partial charge >= 0.3 is 5.63 Å². The van der Waals surface area contributed by atoms with Crippen molar-refractivity contribution in [1.82, 2.24) is 0 Å². The molecule has 0 saturated heterocycles. The molecule has 3 aromatic rings. The van der Waals surface area contributed by atoms with Crippen LogP contribution in [0.25, 0.3) is 11.0 Å². The zero-order valence-electron chi connectivity index (χ0n) is 10.7. The molecule has 3 nitrogen and oxygen atoms in total. The van der Waals surface area contributed by atoms with Crippen molar-refractivity contribution in [3.63, 3.8) is 0 Å². The second kappa shape index (κ2) is 5.02. The fourth-order valence-corrected chi connectivity index (χ4v) is 2.31. The lowest BCUT2D eigenvalue weighted by atomic mass is 9.98. The third-order valence-electron chi connectivity index (χ3n) is 3.26. The van der Waals surface area contributed by atoms with E-state index >= 15 is 0 Å². The molecule has 0 fully saturated rings. The summed E-state index contributed by atoms with van der Waals surface area (Å²) in [6.07, 6.45) is 0.538. The number of nitrogens with zero attached hydrogens (tertiary/aromatic N) is 1. The summed E-state index contributed by atoms with van der Waals surface area (Å²) in [6, 6.07) is 19.0. The molecule has 96 valence electrons. The Kier molecular flexibility index (Phi) is 3.06. The smallest absolute Gasteiger partial charge is 0.354 e. The van der Waals surface area contributed by atoms with E-state index < -0.39 is 5.63 Å². The zero-order valence-corrected chi connectivity index (χ0v) is 10.7. The molecule has 0 spiro atoms. The maximum absolute atomic E-state index is 11.9. The second-order valence-corrected chi connectivity index (χ2v) is 4.51. The predicted octanol–water partition coefficient (Wildman–Crippen LogP) is 3.26. The SMILES string of the molecule is N#Cc1c(Cc2ccccc2)c2ccccc2oc1=O. The Morgan fingerprint density at radius 1 is 1.00 bits per heavy atom. The standard InChI is InChI=1S/C17H11NO2/c18-11-15-14(10-12-6-2-1-3-7-12)13-8-4-5-9-16(13)20-17(15)19/h1-9H,10H2. The molecule has 1 aromatic heterocycles. The maximum Gasteiger partial charge on any atom is 0.354 e. The van der Waals surface area contributed by atoms with E-state index in [4.69, 9.17) is 4.42 Å². The van der Waals surface area contributed by atoms with Gasteiger partial charge in [0, 0.05) is 5.39 Å². The van der Waals surface area contributed by atoms with E-state index in [1.165, 1.54) is 0 Å². The third-order valence-corrected chi connectivity index (χ3v) is 3.26. The van der Waals surface area contributed by atoms with Gasteiger partial charge in [0.15, 0.2) is 0 Å². The van der Waals surface area contributed by atoms with Crippen molar-refractivity contribution in [2.75, 3.05) is 0 Å². The minimum atomic E-state index is -0.572. The highest BCUT2D eigenvalue weighted by Gasteiger charge is 2.14. The van der Waals surface area contributed by atoms with Gasteiger partial charge in [-0.3, -0.25) is 0 Å². The molecule has 0 radical (unpaired) electrons. The quantitative estimate of drug-likeness (QED) is 0.665. The van der Waals surface area contributed by atoms with E-state index in [0.717, 1.165) is 16.5 Å². The molecule has 2 aromatic carbocycles. The lowest BCUT2D eigenvalue weighted by Gasteiger charge is -2.07. The average molecular weight is 261 g/mol. The topological polar surface area (TPSA) is 54.0 Å². The summed E-state index contributed by atoms with van der Waals surface area (Å²) in [5.41, 5.74) is 1.82. The molecule has 0 saturated carbocycles. The normalized spacial score (nSPS) is 10.3. The van der Waals surface area contributed by atoms with Gasteiger partial charge in [-0.1, -0.05) is 48.5 Å². The molecule has 0 unspecified atom stereocenters. The highest BCUT2D eigenvalue weighted by Crippen LogP contribution is 2.22. The van der Waals surface area contributed by atoms with Gasteiger partial charge < -0.3 is 4.42 Å². The minimum absolute atomic E-state index is 0.0903. The van der Waals surface area contributed by atoms with Gasteiger partial charge in [0.1, 0.15) is 17.2 Å². The molecule has 0 bridgehead atoms. The number of fused-ring (bicyclic) bond motifs is 1. The molecule has 0 N–H and O–H groups in total. The van der Waals surface area contributed by atoms with E-state index in [-0.39, 0.29) is 5.56 Å². The summed E-state index contributed by atoms with van der Waals surface area (Å²) < 4.78 is 5.18. The second-order valence-electron chi connectivity index (χ2n) is 4.51. The van der Waals surface area contributed by atoms with Crippen molar-refractivity contribution in [2.24, 2.45) is 0 Å². The summed E-state index contributed by atoms with van der Waals surface area (Å²) in [6.45, 7) is 0. The van der Waals surface area contributed by atoms with Crippen LogP contribution in [0.4, 0.5) is 0 Å². The molecule has 0 amide bonds. The van der Waals surface area contributed by atoms with Gasteiger partial charge in [0.2, 0.25) is 0 Å². The Morgan fingerprint density at radius 3 is 2.45 bits per heavy atom. The van der Waals surface area contributed by atoms with Gasteiger partial charge in [-0.25, -0.2) is 4.79 Å². The van der Waals surface area contributed by atoms with Crippen LogP contribution in [0.2, 0.25) is 0 Å². The van der Waals surface area contributed by atoms with Crippen LogP contribution in [0.15, 0.2) is 63.8 Å².